The second-order valence-corrected chi connectivity index (χ2v) is 9.54. The number of nitrogens with zero attached hydrogens (tertiary/aromatic N) is 1. The maximum absolute atomic E-state index is 8.74. The Labute approximate surface area is 222 Å². The number of nitrogen functional groups attached to an aromatic ring is 1. The van der Waals surface area contributed by atoms with Crippen molar-refractivity contribution < 1.29 is 27.0 Å². The number of hydrogen-bond donors (Lipinski definition) is 4. The number of fused-ring (bicyclic) bond motifs is 1. The normalized spacial score (nSPS) is 11.5. The Kier molecular flexibility index (Phi) is 14.0. The van der Waals surface area contributed by atoms with Crippen LogP contribution in [0.15, 0.2) is 74.6 Å². The smallest absolute Gasteiger partial charge is 0.394 e. The minimum absolute atomic E-state index is 0.376. The molecule has 3 aromatic rings. The molecule has 0 aliphatic heterocycles. The summed E-state index contributed by atoms with van der Waals surface area (Å²) in [6.07, 6.45) is -0.546. The molecule has 0 unspecified atom stereocenters. The maximum Gasteiger partial charge on any atom is 0.394 e. The van der Waals surface area contributed by atoms with Crippen LogP contribution in [0.4, 0.5) is 5.69 Å². The molecule has 0 aromatic heterocycles. The van der Waals surface area contributed by atoms with Gasteiger partial charge in [0.05, 0.1) is 6.54 Å². The summed E-state index contributed by atoms with van der Waals surface area (Å²) in [4.78, 5) is 4.29. The van der Waals surface area contributed by atoms with Gasteiger partial charge in [-0.05, 0) is 66.6 Å². The summed E-state index contributed by atoms with van der Waals surface area (Å²) in [6.45, 7) is 5.40. The minimum atomic E-state index is -4.67. The molecule has 0 amide bonds. The number of rotatable bonds is 7. The molecule has 3 aromatic carbocycles. The Balaban J connectivity index is 0.000000308. The average molecular weight is 635 g/mol. The van der Waals surface area contributed by atoms with Crippen LogP contribution in [0.5, 0.6) is 0 Å². The van der Waals surface area contributed by atoms with Gasteiger partial charge in [-0.25, -0.2) is 0 Å². The van der Waals surface area contributed by atoms with E-state index < -0.39 is 16.7 Å². The largest absolute Gasteiger partial charge is 0.399 e. The van der Waals surface area contributed by atoms with Gasteiger partial charge in [0.2, 0.25) is 6.29 Å². The summed E-state index contributed by atoms with van der Waals surface area (Å²) in [5, 5.41) is 2.39. The Morgan fingerprint density at radius 3 is 1.97 bits per heavy atom. The molecule has 9 nitrogen and oxygen atoms in total. The summed E-state index contributed by atoms with van der Waals surface area (Å²) in [7, 11) is -4.67. The summed E-state index contributed by atoms with van der Waals surface area (Å²) >= 11 is 6.81. The van der Waals surface area contributed by atoms with E-state index in [1.807, 2.05) is 62.4 Å². The van der Waals surface area contributed by atoms with Gasteiger partial charge in [-0.15, -0.1) is 0 Å². The first-order valence-electron chi connectivity index (χ1n) is 10.3. The summed E-state index contributed by atoms with van der Waals surface area (Å²) in [6, 6.07) is 20.0. The van der Waals surface area contributed by atoms with E-state index in [4.69, 9.17) is 38.5 Å². The van der Waals surface area contributed by atoms with E-state index in [9.17, 15) is 0 Å². The third kappa shape index (κ3) is 14.2. The summed E-state index contributed by atoms with van der Waals surface area (Å²) in [5.74, 6) is 0.376. The lowest BCUT2D eigenvalue weighted by atomic mass is 10.1. The molecule has 0 heterocycles. The third-order valence-electron chi connectivity index (χ3n) is 4.06. The van der Waals surface area contributed by atoms with Crippen molar-refractivity contribution in [2.45, 2.75) is 26.7 Å². The van der Waals surface area contributed by atoms with Crippen LogP contribution in [0.3, 0.4) is 0 Å². The highest BCUT2D eigenvalue weighted by Crippen LogP contribution is 2.21. The predicted octanol–water partition coefficient (Wildman–Crippen LogP) is 5.24. The molecule has 0 aliphatic rings. The molecule has 0 saturated heterocycles. The molecule has 0 saturated carbocycles. The summed E-state index contributed by atoms with van der Waals surface area (Å²) in [5.41, 5.74) is 13.4. The highest BCUT2D eigenvalue weighted by Gasteiger charge is 2.12. The van der Waals surface area contributed by atoms with Crippen molar-refractivity contribution in [2.24, 2.45) is 10.7 Å². The van der Waals surface area contributed by atoms with E-state index in [-0.39, 0.29) is 0 Å². The molecular formula is C23H29Br2N3O6S. The molecule has 0 spiro atoms. The van der Waals surface area contributed by atoms with E-state index in [0.29, 0.717) is 25.6 Å². The number of halogens is 2. The fourth-order valence-electron chi connectivity index (χ4n) is 2.60. The molecule has 35 heavy (non-hydrogen) atoms. The standard InChI is InChI=1S/C13H19BrN2O2.C10H8BrN.H2O4S/c1-3-17-13(18-4-2)12(15)16-9-10-5-7-11(14)8-6-10;11-9-3-1-7-2-4-10(12)6-8(7)5-9;1-5(2,3)4/h5-8,13H,3-4,9H2,1-2H3,(H2,15,16);1-6H,12H2;(H2,1,2,3,4). The van der Waals surface area contributed by atoms with Crippen LogP contribution < -0.4 is 11.5 Å². The SMILES string of the molecule is CCOC(OCC)C(N)=NCc1ccc(Br)cc1.Nc1ccc2ccc(Br)cc2c1.O=S(=O)(O)O. The lowest BCUT2D eigenvalue weighted by molar-refractivity contribution is -0.0907. The summed E-state index contributed by atoms with van der Waals surface area (Å²) < 4.78 is 44.4. The zero-order valence-electron chi connectivity index (χ0n) is 19.3. The molecule has 0 atom stereocenters. The van der Waals surface area contributed by atoms with Gasteiger partial charge in [0, 0.05) is 27.8 Å². The second kappa shape index (κ2) is 15.8. The van der Waals surface area contributed by atoms with Gasteiger partial charge in [-0.2, -0.15) is 8.42 Å². The zero-order chi connectivity index (χ0) is 26.4. The van der Waals surface area contributed by atoms with Crippen LogP contribution in [-0.4, -0.2) is 42.9 Å². The van der Waals surface area contributed by atoms with Gasteiger partial charge in [0.25, 0.3) is 0 Å². The maximum atomic E-state index is 8.74. The topological polar surface area (TPSA) is 157 Å². The molecule has 192 valence electrons. The fourth-order valence-corrected chi connectivity index (χ4v) is 3.25. The van der Waals surface area contributed by atoms with Crippen LogP contribution in [0, 0.1) is 0 Å². The second-order valence-electron chi connectivity index (χ2n) is 6.81. The highest BCUT2D eigenvalue weighted by molar-refractivity contribution is 9.10. The molecule has 0 fully saturated rings. The molecule has 0 aliphatic carbocycles. The first-order chi connectivity index (χ1) is 16.4. The third-order valence-corrected chi connectivity index (χ3v) is 5.08. The van der Waals surface area contributed by atoms with E-state index in [0.717, 1.165) is 20.2 Å². The number of anilines is 1. The van der Waals surface area contributed by atoms with Crippen molar-refractivity contribution in [2.75, 3.05) is 18.9 Å². The number of ether oxygens (including phenoxy) is 2. The molecular weight excluding hydrogens is 606 g/mol. The number of nitrogens with two attached hydrogens (primary N) is 2. The minimum Gasteiger partial charge on any atom is -0.399 e. The van der Waals surface area contributed by atoms with Crippen LogP contribution in [-0.2, 0) is 26.4 Å². The van der Waals surface area contributed by atoms with Crippen LogP contribution >= 0.6 is 31.9 Å². The molecule has 3 rings (SSSR count). The van der Waals surface area contributed by atoms with Crippen molar-refractivity contribution in [3.05, 3.63) is 75.2 Å². The van der Waals surface area contributed by atoms with Gasteiger partial charge in [0.15, 0.2) is 5.84 Å². The van der Waals surface area contributed by atoms with Crippen LogP contribution in [0.2, 0.25) is 0 Å². The Bertz CT molecular complexity index is 1140. The molecule has 0 radical (unpaired) electrons. The average Bonchev–Trinajstić information content (AvgIpc) is 2.77. The van der Waals surface area contributed by atoms with Gasteiger partial charge in [-0.1, -0.05) is 56.1 Å². The number of amidine groups is 1. The molecule has 12 heteroatoms. The lowest BCUT2D eigenvalue weighted by Crippen LogP contribution is -2.34. The van der Waals surface area contributed by atoms with Crippen LogP contribution in [0.1, 0.15) is 19.4 Å². The quantitative estimate of drug-likeness (QED) is 0.0903. The van der Waals surface area contributed by atoms with E-state index in [1.165, 1.54) is 10.8 Å². The fraction of sp³-hybridized carbons (Fsp3) is 0.261. The van der Waals surface area contributed by atoms with Gasteiger partial charge in [-0.3, -0.25) is 14.1 Å². The Morgan fingerprint density at radius 2 is 1.43 bits per heavy atom. The van der Waals surface area contributed by atoms with Gasteiger partial charge >= 0.3 is 10.4 Å². The first kappa shape index (κ1) is 31.0. The Morgan fingerprint density at radius 1 is 0.914 bits per heavy atom. The van der Waals surface area contributed by atoms with E-state index >= 15 is 0 Å². The lowest BCUT2D eigenvalue weighted by Gasteiger charge is -2.16. The molecule has 6 N–H and O–H groups in total. The number of benzene rings is 3. The van der Waals surface area contributed by atoms with Crippen LogP contribution in [0.25, 0.3) is 10.8 Å². The number of hydrogen-bond acceptors (Lipinski definition) is 6. The van der Waals surface area contributed by atoms with Crippen molar-refractivity contribution in [1.82, 2.24) is 0 Å². The molecule has 0 bridgehead atoms. The van der Waals surface area contributed by atoms with E-state index in [1.54, 1.807) is 0 Å². The van der Waals surface area contributed by atoms with Gasteiger partial charge < -0.3 is 20.9 Å². The first-order valence-corrected chi connectivity index (χ1v) is 13.3. The predicted molar refractivity (Wildman–Crippen MR) is 147 cm³/mol. The zero-order valence-corrected chi connectivity index (χ0v) is 23.3. The monoisotopic (exact) mass is 633 g/mol. The Hall–Kier alpha value is -2.06. The van der Waals surface area contributed by atoms with Crippen molar-refractivity contribution in [3.8, 4) is 0 Å². The van der Waals surface area contributed by atoms with Crippen molar-refractivity contribution >= 4 is 64.6 Å². The van der Waals surface area contributed by atoms with Crippen molar-refractivity contribution in [1.29, 1.82) is 0 Å². The highest BCUT2D eigenvalue weighted by atomic mass is 79.9. The van der Waals surface area contributed by atoms with Crippen molar-refractivity contribution in [3.63, 3.8) is 0 Å². The van der Waals surface area contributed by atoms with E-state index in [2.05, 4.69) is 49.0 Å². The number of aliphatic imine (C=N–C) groups is 1. The van der Waals surface area contributed by atoms with Gasteiger partial charge in [0.1, 0.15) is 0 Å².